The molecule has 3 amide bonds. The van der Waals surface area contributed by atoms with Crippen LogP contribution < -0.4 is 19.5 Å². The zero-order chi connectivity index (χ0) is 31.3. The highest BCUT2D eigenvalue weighted by molar-refractivity contribution is 7.92. The first-order valence-electron chi connectivity index (χ1n) is 13.6. The van der Waals surface area contributed by atoms with Gasteiger partial charge in [0.05, 0.1) is 42.4 Å². The summed E-state index contributed by atoms with van der Waals surface area (Å²) < 4.78 is 53.8. The molecule has 0 radical (unpaired) electrons. The molecule has 0 fully saturated rings. The maximum Gasteiger partial charge on any atom is 0.321 e. The molecular formula is C30H35FN4O7S. The summed E-state index contributed by atoms with van der Waals surface area (Å²) in [5.74, 6) is -0.759. The van der Waals surface area contributed by atoms with Crippen LogP contribution in [0.1, 0.15) is 24.2 Å². The van der Waals surface area contributed by atoms with Crippen LogP contribution in [0.25, 0.3) is 0 Å². The minimum Gasteiger partial charge on any atom is -0.497 e. The predicted octanol–water partition coefficient (Wildman–Crippen LogP) is 4.02. The Balaban J connectivity index is 1.66. The fourth-order valence-corrected chi connectivity index (χ4v) is 5.67. The van der Waals surface area contributed by atoms with Gasteiger partial charge in [-0.3, -0.25) is 9.52 Å². The van der Waals surface area contributed by atoms with Crippen LogP contribution in [0, 0.1) is 11.7 Å². The van der Waals surface area contributed by atoms with Crippen molar-refractivity contribution in [3.63, 3.8) is 0 Å². The minimum absolute atomic E-state index is 0.00351. The van der Waals surface area contributed by atoms with E-state index in [9.17, 15) is 27.5 Å². The van der Waals surface area contributed by atoms with E-state index in [2.05, 4.69) is 10.0 Å². The second kappa shape index (κ2) is 13.3. The Morgan fingerprint density at radius 1 is 1.16 bits per heavy atom. The number of hydrogen-bond donors (Lipinski definition) is 3. The van der Waals surface area contributed by atoms with E-state index in [1.165, 1.54) is 28.0 Å². The van der Waals surface area contributed by atoms with E-state index >= 15 is 0 Å². The quantitative estimate of drug-likeness (QED) is 0.331. The Kier molecular flexibility index (Phi) is 9.77. The van der Waals surface area contributed by atoms with Crippen molar-refractivity contribution in [1.82, 2.24) is 9.80 Å². The van der Waals surface area contributed by atoms with Gasteiger partial charge in [0.2, 0.25) is 0 Å². The van der Waals surface area contributed by atoms with Crippen LogP contribution in [-0.2, 0) is 10.0 Å². The molecule has 43 heavy (non-hydrogen) atoms. The summed E-state index contributed by atoms with van der Waals surface area (Å²) in [5, 5.41) is 12.7. The van der Waals surface area contributed by atoms with Crippen LogP contribution in [0.4, 0.5) is 20.6 Å². The van der Waals surface area contributed by atoms with Gasteiger partial charge in [-0.1, -0.05) is 13.0 Å². The molecule has 3 atom stereocenters. The molecule has 0 saturated carbocycles. The highest BCUT2D eigenvalue weighted by Gasteiger charge is 2.35. The maximum absolute atomic E-state index is 13.7. The van der Waals surface area contributed by atoms with Gasteiger partial charge in [0.15, 0.2) is 5.75 Å². The number of benzene rings is 3. The molecule has 230 valence electrons. The number of nitrogens with zero attached hydrogens (tertiary/aromatic N) is 2. The van der Waals surface area contributed by atoms with E-state index in [1.54, 1.807) is 45.3 Å². The van der Waals surface area contributed by atoms with Crippen molar-refractivity contribution in [2.75, 3.05) is 43.9 Å². The van der Waals surface area contributed by atoms with E-state index in [-0.39, 0.29) is 47.5 Å². The summed E-state index contributed by atoms with van der Waals surface area (Å²) in [6.45, 7) is 3.56. The van der Waals surface area contributed by atoms with Gasteiger partial charge in [0.1, 0.15) is 17.7 Å². The molecule has 3 N–H and O–H groups in total. The number of ether oxygens (including phenoxy) is 2. The van der Waals surface area contributed by atoms with Crippen LogP contribution in [0.5, 0.6) is 11.5 Å². The SMILES string of the molecule is COc1ccc(NC(=O)N(C)C[C@H]2Oc3c(NS(=O)(=O)c4ccc(F)cc4)cccc3C(=O)N([C@H](C)CO)C[C@H]2C)cc1. The zero-order valence-corrected chi connectivity index (χ0v) is 25.1. The van der Waals surface area contributed by atoms with Crippen molar-refractivity contribution in [1.29, 1.82) is 0 Å². The Morgan fingerprint density at radius 3 is 2.47 bits per heavy atom. The number of likely N-dealkylation sites (N-methyl/N-ethyl adjacent to an activating group) is 1. The molecule has 0 unspecified atom stereocenters. The van der Waals surface area contributed by atoms with E-state index in [1.807, 2.05) is 6.92 Å². The molecule has 0 aliphatic carbocycles. The lowest BCUT2D eigenvalue weighted by Gasteiger charge is -2.38. The smallest absolute Gasteiger partial charge is 0.321 e. The number of methoxy groups -OCH3 is 1. The summed E-state index contributed by atoms with van der Waals surface area (Å²) in [7, 11) is -1.05. The van der Waals surface area contributed by atoms with Crippen molar-refractivity contribution in [2.24, 2.45) is 5.92 Å². The third-order valence-electron chi connectivity index (χ3n) is 7.20. The molecule has 1 heterocycles. The third kappa shape index (κ3) is 7.35. The fourth-order valence-electron chi connectivity index (χ4n) is 4.61. The van der Waals surface area contributed by atoms with Gasteiger partial charge in [0.25, 0.3) is 15.9 Å². The standard InChI is InChI=1S/C30H35FN4O7S/c1-19-16-35(20(2)18-36)29(37)25-6-5-7-26(33-43(39,40)24-14-8-21(31)9-15-24)28(25)42-27(19)17-34(3)30(38)32-22-10-12-23(41-4)13-11-22/h5-15,19-20,27,33,36H,16-18H2,1-4H3,(H,32,38)/t19-,20-,27-/m1/s1. The second-order valence-corrected chi connectivity index (χ2v) is 12.1. The number of amides is 3. The molecule has 0 spiro atoms. The van der Waals surface area contributed by atoms with E-state index in [4.69, 9.17) is 9.47 Å². The number of fused-ring (bicyclic) bond motifs is 1. The number of sulfonamides is 1. The van der Waals surface area contributed by atoms with Crippen LogP contribution in [-0.4, -0.2) is 81.3 Å². The van der Waals surface area contributed by atoms with Gasteiger partial charge < -0.3 is 29.7 Å². The first-order valence-corrected chi connectivity index (χ1v) is 15.1. The lowest BCUT2D eigenvalue weighted by Crippen LogP contribution is -2.50. The number of para-hydroxylation sites is 1. The summed E-state index contributed by atoms with van der Waals surface area (Å²) in [4.78, 5) is 29.5. The summed E-state index contributed by atoms with van der Waals surface area (Å²) in [6, 6.07) is 14.7. The first-order chi connectivity index (χ1) is 20.4. The average molecular weight is 615 g/mol. The highest BCUT2D eigenvalue weighted by atomic mass is 32.2. The monoisotopic (exact) mass is 614 g/mol. The fraction of sp³-hybridized carbons (Fsp3) is 0.333. The molecular weight excluding hydrogens is 579 g/mol. The Bertz CT molecular complexity index is 1550. The Morgan fingerprint density at radius 2 is 1.84 bits per heavy atom. The lowest BCUT2D eigenvalue weighted by molar-refractivity contribution is 0.0373. The number of aliphatic hydroxyl groups excluding tert-OH is 1. The number of halogens is 1. The average Bonchev–Trinajstić information content (AvgIpc) is 2.99. The number of nitrogens with one attached hydrogen (secondary N) is 2. The van der Waals surface area contributed by atoms with E-state index in [0.717, 1.165) is 24.3 Å². The number of anilines is 2. The van der Waals surface area contributed by atoms with Gasteiger partial charge in [-0.05, 0) is 67.6 Å². The topological polar surface area (TPSA) is 138 Å². The van der Waals surface area contributed by atoms with Crippen molar-refractivity contribution in [3.8, 4) is 11.5 Å². The summed E-state index contributed by atoms with van der Waals surface area (Å²) in [6.07, 6.45) is -0.691. The van der Waals surface area contributed by atoms with Gasteiger partial charge in [-0.15, -0.1) is 0 Å². The van der Waals surface area contributed by atoms with Gasteiger partial charge in [-0.2, -0.15) is 0 Å². The summed E-state index contributed by atoms with van der Waals surface area (Å²) >= 11 is 0. The molecule has 3 aromatic rings. The van der Waals surface area contributed by atoms with Crippen LogP contribution in [0.3, 0.4) is 0 Å². The third-order valence-corrected chi connectivity index (χ3v) is 8.58. The molecule has 1 aliphatic rings. The van der Waals surface area contributed by atoms with Crippen molar-refractivity contribution in [3.05, 3.63) is 78.1 Å². The Labute approximate surface area is 250 Å². The Hall–Kier alpha value is -4.36. The molecule has 0 bridgehead atoms. The molecule has 3 aromatic carbocycles. The van der Waals surface area contributed by atoms with Crippen LogP contribution >= 0.6 is 0 Å². The van der Waals surface area contributed by atoms with E-state index in [0.29, 0.717) is 11.4 Å². The van der Waals surface area contributed by atoms with E-state index < -0.39 is 39.9 Å². The normalized spacial score (nSPS) is 17.5. The molecule has 4 rings (SSSR count). The first kappa shape index (κ1) is 31.6. The van der Waals surface area contributed by atoms with Gasteiger partial charge in [0, 0.05) is 25.2 Å². The maximum atomic E-state index is 13.7. The second-order valence-electron chi connectivity index (χ2n) is 10.4. The molecule has 13 heteroatoms. The molecule has 0 aromatic heterocycles. The van der Waals surface area contributed by atoms with Crippen molar-refractivity contribution >= 4 is 33.3 Å². The minimum atomic E-state index is -4.19. The number of carbonyl (C=O) groups is 2. The number of aliphatic hydroxyl groups is 1. The lowest BCUT2D eigenvalue weighted by atomic mass is 9.99. The number of hydrogen-bond acceptors (Lipinski definition) is 7. The van der Waals surface area contributed by atoms with Crippen LogP contribution in [0.15, 0.2) is 71.6 Å². The van der Waals surface area contributed by atoms with Gasteiger partial charge in [-0.25, -0.2) is 17.6 Å². The highest BCUT2D eigenvalue weighted by Crippen LogP contribution is 2.36. The zero-order valence-electron chi connectivity index (χ0n) is 24.3. The number of urea groups is 1. The largest absolute Gasteiger partial charge is 0.497 e. The number of rotatable bonds is 9. The van der Waals surface area contributed by atoms with Crippen molar-refractivity contribution < 1.29 is 37.0 Å². The summed E-state index contributed by atoms with van der Waals surface area (Å²) in [5.41, 5.74) is 0.638. The number of carbonyl (C=O) groups excluding carboxylic acids is 2. The molecule has 0 saturated heterocycles. The molecule has 1 aliphatic heterocycles. The van der Waals surface area contributed by atoms with Crippen molar-refractivity contribution in [2.45, 2.75) is 30.9 Å². The molecule has 11 nitrogen and oxygen atoms in total. The predicted molar refractivity (Wildman–Crippen MR) is 159 cm³/mol. The van der Waals surface area contributed by atoms with Crippen LogP contribution in [0.2, 0.25) is 0 Å². The van der Waals surface area contributed by atoms with Gasteiger partial charge >= 0.3 is 6.03 Å².